The smallest absolute Gasteiger partial charge is 0.239 e. The fraction of sp³-hybridized carbons (Fsp3) is 0.818. The molecule has 0 aromatic rings. The fourth-order valence-corrected chi connectivity index (χ4v) is 0.968. The van der Waals surface area contributed by atoms with Crippen molar-refractivity contribution in [1.29, 1.82) is 0 Å². The minimum atomic E-state index is -0.558. The standard InChI is InChI=1S/C11H23N3O2/c1-7(2)5-13-9(15)6-14-11(16)10(12)8(3)4/h7-8,10H,5-6,12H2,1-4H3,(H,13,15)(H,14,16)/t10-/m1/s1. The minimum absolute atomic E-state index is 0.00796. The monoisotopic (exact) mass is 229 g/mol. The largest absolute Gasteiger partial charge is 0.354 e. The number of rotatable bonds is 6. The molecule has 0 aliphatic heterocycles. The van der Waals surface area contributed by atoms with Crippen LogP contribution in [0.2, 0.25) is 0 Å². The molecule has 0 rings (SSSR count). The number of carbonyl (C=O) groups is 2. The van der Waals surface area contributed by atoms with E-state index in [0.29, 0.717) is 12.5 Å². The third-order valence-electron chi connectivity index (χ3n) is 2.15. The summed E-state index contributed by atoms with van der Waals surface area (Å²) in [6.07, 6.45) is 0. The summed E-state index contributed by atoms with van der Waals surface area (Å²) in [7, 11) is 0. The van der Waals surface area contributed by atoms with E-state index >= 15 is 0 Å². The Bertz CT molecular complexity index is 239. The maximum absolute atomic E-state index is 11.4. The van der Waals surface area contributed by atoms with Crippen molar-refractivity contribution in [3.8, 4) is 0 Å². The van der Waals surface area contributed by atoms with Gasteiger partial charge in [-0.25, -0.2) is 0 Å². The topological polar surface area (TPSA) is 84.2 Å². The molecule has 0 spiro atoms. The lowest BCUT2D eigenvalue weighted by Crippen LogP contribution is -2.47. The van der Waals surface area contributed by atoms with E-state index < -0.39 is 6.04 Å². The van der Waals surface area contributed by atoms with Crippen LogP contribution in [0.5, 0.6) is 0 Å². The third kappa shape index (κ3) is 6.40. The lowest BCUT2D eigenvalue weighted by Gasteiger charge is -2.15. The number of carbonyl (C=O) groups excluding carboxylic acids is 2. The molecular formula is C11H23N3O2. The van der Waals surface area contributed by atoms with Crippen molar-refractivity contribution in [1.82, 2.24) is 10.6 Å². The fourth-order valence-electron chi connectivity index (χ4n) is 0.968. The summed E-state index contributed by atoms with van der Waals surface area (Å²) in [4.78, 5) is 22.7. The number of nitrogens with one attached hydrogen (secondary N) is 2. The van der Waals surface area contributed by atoms with Gasteiger partial charge in [0.25, 0.3) is 0 Å². The summed E-state index contributed by atoms with van der Waals surface area (Å²) >= 11 is 0. The van der Waals surface area contributed by atoms with E-state index in [9.17, 15) is 9.59 Å². The molecule has 0 aliphatic rings. The van der Waals surface area contributed by atoms with Crippen molar-refractivity contribution in [2.24, 2.45) is 17.6 Å². The van der Waals surface area contributed by atoms with Crippen molar-refractivity contribution in [2.45, 2.75) is 33.7 Å². The Morgan fingerprint density at radius 2 is 1.69 bits per heavy atom. The molecule has 0 aliphatic carbocycles. The molecule has 0 radical (unpaired) electrons. The summed E-state index contributed by atoms with van der Waals surface area (Å²) in [6.45, 7) is 8.35. The van der Waals surface area contributed by atoms with E-state index in [2.05, 4.69) is 10.6 Å². The molecule has 1 atom stereocenters. The van der Waals surface area contributed by atoms with Gasteiger partial charge in [0.1, 0.15) is 0 Å². The summed E-state index contributed by atoms with van der Waals surface area (Å²) in [5.41, 5.74) is 5.62. The van der Waals surface area contributed by atoms with Gasteiger partial charge in [0.2, 0.25) is 11.8 Å². The van der Waals surface area contributed by atoms with Crippen molar-refractivity contribution in [2.75, 3.05) is 13.1 Å². The van der Waals surface area contributed by atoms with Crippen LogP contribution < -0.4 is 16.4 Å². The molecule has 0 bridgehead atoms. The first-order chi connectivity index (χ1) is 7.34. The van der Waals surface area contributed by atoms with Gasteiger partial charge in [-0.1, -0.05) is 27.7 Å². The summed E-state index contributed by atoms with van der Waals surface area (Å²) in [5.74, 6) is 0.00370. The molecule has 0 unspecified atom stereocenters. The molecule has 2 amide bonds. The quantitative estimate of drug-likeness (QED) is 0.592. The van der Waals surface area contributed by atoms with Gasteiger partial charge in [-0.05, 0) is 11.8 Å². The van der Waals surface area contributed by atoms with Crippen LogP contribution >= 0.6 is 0 Å². The number of amides is 2. The third-order valence-corrected chi connectivity index (χ3v) is 2.15. The highest BCUT2D eigenvalue weighted by molar-refractivity contribution is 5.87. The Labute approximate surface area is 97.2 Å². The SMILES string of the molecule is CC(C)CNC(=O)CNC(=O)[C@H](N)C(C)C. The average molecular weight is 229 g/mol. The highest BCUT2D eigenvalue weighted by Crippen LogP contribution is 1.97. The van der Waals surface area contributed by atoms with Crippen LogP contribution in [0.1, 0.15) is 27.7 Å². The Balaban J connectivity index is 3.79. The molecular weight excluding hydrogens is 206 g/mol. The van der Waals surface area contributed by atoms with Crippen LogP contribution in [0.15, 0.2) is 0 Å². The number of hydrogen-bond donors (Lipinski definition) is 3. The van der Waals surface area contributed by atoms with Gasteiger partial charge in [0, 0.05) is 6.54 Å². The molecule has 5 heteroatoms. The normalized spacial score (nSPS) is 12.7. The Hall–Kier alpha value is -1.10. The summed E-state index contributed by atoms with van der Waals surface area (Å²) < 4.78 is 0. The molecule has 4 N–H and O–H groups in total. The highest BCUT2D eigenvalue weighted by Gasteiger charge is 2.17. The Morgan fingerprint density at radius 3 is 2.12 bits per heavy atom. The maximum atomic E-state index is 11.4. The Kier molecular flexibility index (Phi) is 6.72. The molecule has 5 nitrogen and oxygen atoms in total. The predicted molar refractivity (Wildman–Crippen MR) is 63.7 cm³/mol. The minimum Gasteiger partial charge on any atom is -0.354 e. The second-order valence-electron chi connectivity index (χ2n) is 4.69. The molecule has 94 valence electrons. The first-order valence-electron chi connectivity index (χ1n) is 5.64. The van der Waals surface area contributed by atoms with Crippen LogP contribution in [-0.4, -0.2) is 30.9 Å². The summed E-state index contributed by atoms with van der Waals surface area (Å²) in [5, 5.41) is 5.22. The van der Waals surface area contributed by atoms with Crippen molar-refractivity contribution in [3.05, 3.63) is 0 Å². The van der Waals surface area contributed by atoms with E-state index in [4.69, 9.17) is 5.73 Å². The average Bonchev–Trinajstić information content (AvgIpc) is 2.21. The second-order valence-corrected chi connectivity index (χ2v) is 4.69. The van der Waals surface area contributed by atoms with Gasteiger partial charge in [-0.15, -0.1) is 0 Å². The highest BCUT2D eigenvalue weighted by atomic mass is 16.2. The molecule has 0 saturated heterocycles. The van der Waals surface area contributed by atoms with Gasteiger partial charge >= 0.3 is 0 Å². The van der Waals surface area contributed by atoms with E-state index in [1.165, 1.54) is 0 Å². The molecule has 0 fully saturated rings. The lowest BCUT2D eigenvalue weighted by molar-refractivity contribution is -0.127. The van der Waals surface area contributed by atoms with E-state index in [1.807, 2.05) is 27.7 Å². The van der Waals surface area contributed by atoms with Crippen LogP contribution in [0.25, 0.3) is 0 Å². The van der Waals surface area contributed by atoms with Crippen molar-refractivity contribution in [3.63, 3.8) is 0 Å². The van der Waals surface area contributed by atoms with Crippen LogP contribution in [0, 0.1) is 11.8 Å². The van der Waals surface area contributed by atoms with Gasteiger partial charge in [-0.2, -0.15) is 0 Å². The molecule has 0 saturated carbocycles. The van der Waals surface area contributed by atoms with Gasteiger partial charge in [0.15, 0.2) is 0 Å². The molecule has 0 aromatic carbocycles. The molecule has 0 heterocycles. The molecule has 16 heavy (non-hydrogen) atoms. The van der Waals surface area contributed by atoms with Crippen molar-refractivity contribution < 1.29 is 9.59 Å². The van der Waals surface area contributed by atoms with Gasteiger partial charge in [-0.3, -0.25) is 9.59 Å². The van der Waals surface area contributed by atoms with Crippen molar-refractivity contribution >= 4 is 11.8 Å². The molecule has 0 aromatic heterocycles. The van der Waals surface area contributed by atoms with Crippen LogP contribution in [-0.2, 0) is 9.59 Å². The van der Waals surface area contributed by atoms with Crippen LogP contribution in [0.4, 0.5) is 0 Å². The predicted octanol–water partition coefficient (Wildman–Crippen LogP) is -0.142. The van der Waals surface area contributed by atoms with Gasteiger partial charge < -0.3 is 16.4 Å². The second kappa shape index (κ2) is 7.22. The number of nitrogens with two attached hydrogens (primary N) is 1. The van der Waals surface area contributed by atoms with E-state index in [1.54, 1.807) is 0 Å². The lowest BCUT2D eigenvalue weighted by atomic mass is 10.1. The Morgan fingerprint density at radius 1 is 1.12 bits per heavy atom. The van der Waals surface area contributed by atoms with E-state index in [-0.39, 0.29) is 24.3 Å². The van der Waals surface area contributed by atoms with Crippen LogP contribution in [0.3, 0.4) is 0 Å². The zero-order chi connectivity index (χ0) is 12.7. The maximum Gasteiger partial charge on any atom is 0.239 e. The van der Waals surface area contributed by atoms with Gasteiger partial charge in [0.05, 0.1) is 12.6 Å². The zero-order valence-electron chi connectivity index (χ0n) is 10.5. The van der Waals surface area contributed by atoms with E-state index in [0.717, 1.165) is 0 Å². The summed E-state index contributed by atoms with van der Waals surface area (Å²) in [6, 6.07) is -0.558. The first kappa shape index (κ1) is 14.9. The first-order valence-corrected chi connectivity index (χ1v) is 5.64. The zero-order valence-corrected chi connectivity index (χ0v) is 10.5. The number of hydrogen-bond acceptors (Lipinski definition) is 3.